The fourth-order valence-electron chi connectivity index (χ4n) is 3.25. The molecule has 1 aromatic carbocycles. The van der Waals surface area contributed by atoms with Crippen molar-refractivity contribution in [2.45, 2.75) is 25.8 Å². The number of benzene rings is 1. The van der Waals surface area contributed by atoms with Crippen LogP contribution in [-0.4, -0.2) is 41.5 Å². The Morgan fingerprint density at radius 1 is 1.25 bits per heavy atom. The number of ether oxygens (including phenoxy) is 1. The molecule has 3 rings (SSSR count). The first-order chi connectivity index (χ1) is 11.6. The quantitative estimate of drug-likeness (QED) is 0.750. The fraction of sp³-hybridized carbons (Fsp3) is 0.444. The van der Waals surface area contributed by atoms with Crippen molar-refractivity contribution in [2.75, 3.05) is 20.2 Å². The topological polar surface area (TPSA) is 51.5 Å². The van der Waals surface area contributed by atoms with Gasteiger partial charge in [0.25, 0.3) is 0 Å². The van der Waals surface area contributed by atoms with Crippen molar-refractivity contribution in [1.82, 2.24) is 9.47 Å². The van der Waals surface area contributed by atoms with E-state index in [1.165, 1.54) is 7.11 Å². The molecule has 1 amide bonds. The van der Waals surface area contributed by atoms with E-state index >= 15 is 0 Å². The average Bonchev–Trinajstić information content (AvgIpc) is 2.97. The number of rotatable bonds is 4. The van der Waals surface area contributed by atoms with E-state index in [4.69, 9.17) is 4.74 Å². The maximum atomic E-state index is 12.6. The van der Waals surface area contributed by atoms with Gasteiger partial charge in [-0.25, -0.2) is 0 Å². The predicted molar refractivity (Wildman–Crippen MR) is 95.6 cm³/mol. The normalized spacial score (nSPS) is 15.7. The third-order valence-electron chi connectivity index (χ3n) is 4.69. The Morgan fingerprint density at radius 2 is 2.00 bits per heavy atom. The summed E-state index contributed by atoms with van der Waals surface area (Å²) >= 11 is 3.48. The minimum atomic E-state index is -0.163. The lowest BCUT2D eigenvalue weighted by molar-refractivity contribution is -0.142. The highest BCUT2D eigenvalue weighted by Gasteiger charge is 2.24. The molecule has 0 atom stereocenters. The molecule has 0 bridgehead atoms. The summed E-state index contributed by atoms with van der Waals surface area (Å²) in [7, 11) is 1.42. The van der Waals surface area contributed by atoms with E-state index in [-0.39, 0.29) is 11.9 Å². The Bertz CT molecular complexity index is 748. The van der Waals surface area contributed by atoms with Crippen molar-refractivity contribution in [3.8, 4) is 0 Å². The van der Waals surface area contributed by atoms with Crippen LogP contribution in [0.5, 0.6) is 0 Å². The molecule has 0 N–H and O–H groups in total. The third kappa shape index (κ3) is 3.80. The van der Waals surface area contributed by atoms with Crippen LogP contribution in [0.2, 0.25) is 0 Å². The molecule has 128 valence electrons. The minimum absolute atomic E-state index is 0.129. The summed E-state index contributed by atoms with van der Waals surface area (Å²) in [5, 5.41) is 1.13. The number of esters is 1. The molecule has 1 aliphatic rings. The summed E-state index contributed by atoms with van der Waals surface area (Å²) in [6, 6.07) is 8.10. The maximum Gasteiger partial charge on any atom is 0.305 e. The molecule has 0 spiro atoms. The van der Waals surface area contributed by atoms with Gasteiger partial charge in [-0.2, -0.15) is 0 Å². The van der Waals surface area contributed by atoms with Crippen LogP contribution in [0.15, 0.2) is 34.9 Å². The van der Waals surface area contributed by atoms with Crippen LogP contribution in [0.3, 0.4) is 0 Å². The van der Waals surface area contributed by atoms with Gasteiger partial charge in [-0.1, -0.05) is 22.0 Å². The number of hydrogen-bond acceptors (Lipinski definition) is 3. The van der Waals surface area contributed by atoms with Crippen LogP contribution in [0, 0.1) is 5.92 Å². The number of methoxy groups -OCH3 is 1. The molecule has 0 radical (unpaired) electrons. The van der Waals surface area contributed by atoms with Gasteiger partial charge in [0.05, 0.1) is 7.11 Å². The zero-order valence-corrected chi connectivity index (χ0v) is 15.3. The van der Waals surface area contributed by atoms with E-state index in [0.29, 0.717) is 32.0 Å². The van der Waals surface area contributed by atoms with Gasteiger partial charge < -0.3 is 14.2 Å². The summed E-state index contributed by atoms with van der Waals surface area (Å²) in [4.78, 5) is 25.8. The molecule has 1 saturated heterocycles. The van der Waals surface area contributed by atoms with Crippen molar-refractivity contribution in [2.24, 2.45) is 5.92 Å². The van der Waals surface area contributed by atoms with Gasteiger partial charge in [-0.3, -0.25) is 9.59 Å². The summed E-state index contributed by atoms with van der Waals surface area (Å²) in [6.07, 6.45) is 4.13. The Kier molecular flexibility index (Phi) is 5.23. The van der Waals surface area contributed by atoms with Crippen molar-refractivity contribution in [1.29, 1.82) is 0 Å². The monoisotopic (exact) mass is 392 g/mol. The summed E-state index contributed by atoms with van der Waals surface area (Å²) < 4.78 is 7.72. The van der Waals surface area contributed by atoms with Crippen molar-refractivity contribution < 1.29 is 14.3 Å². The van der Waals surface area contributed by atoms with Gasteiger partial charge in [-0.15, -0.1) is 0 Å². The lowest BCUT2D eigenvalue weighted by Gasteiger charge is -2.31. The number of nitrogens with zero attached hydrogens (tertiary/aromatic N) is 2. The molecule has 2 heterocycles. The standard InChI is InChI=1S/C18H21BrN2O3/c1-24-18(23)10-13-4-7-20(8-5-13)17(22)12-21-9-6-14-2-3-15(19)11-16(14)21/h2-3,6,9,11,13H,4-5,7-8,10,12H2,1H3. The molecule has 2 aromatic rings. The van der Waals surface area contributed by atoms with Gasteiger partial charge in [0.1, 0.15) is 6.54 Å². The molecule has 1 aromatic heterocycles. The van der Waals surface area contributed by atoms with Crippen LogP contribution in [0.1, 0.15) is 19.3 Å². The number of amides is 1. The lowest BCUT2D eigenvalue weighted by atomic mass is 9.93. The van der Waals surface area contributed by atoms with Crippen LogP contribution >= 0.6 is 15.9 Å². The summed E-state index contributed by atoms with van der Waals surface area (Å²) in [5.74, 6) is 0.290. The Labute approximate surface area is 149 Å². The van der Waals surface area contributed by atoms with E-state index in [9.17, 15) is 9.59 Å². The Morgan fingerprint density at radius 3 is 2.71 bits per heavy atom. The first-order valence-electron chi connectivity index (χ1n) is 8.16. The lowest BCUT2D eigenvalue weighted by Crippen LogP contribution is -2.40. The summed E-state index contributed by atoms with van der Waals surface area (Å²) in [5.41, 5.74) is 1.05. The van der Waals surface area contributed by atoms with Gasteiger partial charge >= 0.3 is 5.97 Å². The second-order valence-electron chi connectivity index (χ2n) is 6.25. The highest BCUT2D eigenvalue weighted by molar-refractivity contribution is 9.10. The van der Waals surface area contributed by atoms with Gasteiger partial charge in [0.2, 0.25) is 5.91 Å². The average molecular weight is 393 g/mol. The van der Waals surface area contributed by atoms with Crippen molar-refractivity contribution in [3.63, 3.8) is 0 Å². The molecule has 1 fully saturated rings. The molecule has 1 aliphatic heterocycles. The molecular weight excluding hydrogens is 372 g/mol. The summed E-state index contributed by atoms with van der Waals surface area (Å²) in [6.45, 7) is 1.77. The zero-order valence-electron chi connectivity index (χ0n) is 13.7. The molecule has 24 heavy (non-hydrogen) atoms. The Balaban J connectivity index is 1.59. The van der Waals surface area contributed by atoms with Crippen LogP contribution in [0.25, 0.3) is 10.9 Å². The van der Waals surface area contributed by atoms with Gasteiger partial charge in [-0.05, 0) is 42.3 Å². The number of fused-ring (bicyclic) bond motifs is 1. The van der Waals surface area contributed by atoms with Crippen molar-refractivity contribution in [3.05, 3.63) is 34.9 Å². The molecule has 0 saturated carbocycles. The van der Waals surface area contributed by atoms with E-state index in [1.807, 2.05) is 39.9 Å². The van der Waals surface area contributed by atoms with Gasteiger partial charge in [0.15, 0.2) is 0 Å². The molecular formula is C18H21BrN2O3. The fourth-order valence-corrected chi connectivity index (χ4v) is 3.60. The first-order valence-corrected chi connectivity index (χ1v) is 8.95. The number of piperidine rings is 1. The van der Waals surface area contributed by atoms with E-state index in [2.05, 4.69) is 15.9 Å². The van der Waals surface area contributed by atoms with Crippen molar-refractivity contribution >= 4 is 38.7 Å². The maximum absolute atomic E-state index is 12.6. The van der Waals surface area contributed by atoms with Crippen LogP contribution < -0.4 is 0 Å². The number of halogens is 1. The SMILES string of the molecule is COC(=O)CC1CCN(C(=O)Cn2ccc3ccc(Br)cc32)CC1. The number of hydrogen-bond donors (Lipinski definition) is 0. The predicted octanol–water partition coefficient (Wildman–Crippen LogP) is 3.21. The Hall–Kier alpha value is -1.82. The molecule has 5 nitrogen and oxygen atoms in total. The van der Waals surface area contributed by atoms with Crippen LogP contribution in [0.4, 0.5) is 0 Å². The molecule has 0 unspecified atom stereocenters. The van der Waals surface area contributed by atoms with E-state index < -0.39 is 0 Å². The number of carbonyl (C=O) groups is 2. The number of carbonyl (C=O) groups excluding carboxylic acids is 2. The first kappa shape index (κ1) is 17.0. The number of likely N-dealkylation sites (tertiary alicyclic amines) is 1. The van der Waals surface area contributed by atoms with E-state index in [0.717, 1.165) is 28.2 Å². The highest BCUT2D eigenvalue weighted by Crippen LogP contribution is 2.23. The smallest absolute Gasteiger partial charge is 0.305 e. The van der Waals surface area contributed by atoms with Gasteiger partial charge in [0, 0.05) is 35.7 Å². The second-order valence-corrected chi connectivity index (χ2v) is 7.17. The van der Waals surface area contributed by atoms with E-state index in [1.54, 1.807) is 0 Å². The highest BCUT2D eigenvalue weighted by atomic mass is 79.9. The minimum Gasteiger partial charge on any atom is -0.469 e. The zero-order chi connectivity index (χ0) is 17.1. The number of aromatic nitrogens is 1. The largest absolute Gasteiger partial charge is 0.469 e. The van der Waals surface area contributed by atoms with Crippen LogP contribution in [-0.2, 0) is 20.9 Å². The second kappa shape index (κ2) is 7.38. The molecule has 6 heteroatoms. The third-order valence-corrected chi connectivity index (χ3v) is 5.19. The molecule has 0 aliphatic carbocycles.